The highest BCUT2D eigenvalue weighted by atomic mass is 28.3. The van der Waals surface area contributed by atoms with Crippen LogP contribution in [0.2, 0.25) is 0 Å². The van der Waals surface area contributed by atoms with E-state index in [9.17, 15) is 0 Å². The maximum absolute atomic E-state index is 4.84. The maximum Gasteiger partial charge on any atom is 0.179 e. The summed E-state index contributed by atoms with van der Waals surface area (Å²) in [7, 11) is -2.78. The average Bonchev–Trinajstić information content (AvgIpc) is 3.73. The fourth-order valence-electron chi connectivity index (χ4n) is 8.25. The zero-order valence-electron chi connectivity index (χ0n) is 27.8. The second-order valence-electron chi connectivity index (χ2n) is 13.0. The molecule has 0 saturated carbocycles. The van der Waals surface area contributed by atoms with Crippen molar-refractivity contribution in [3.8, 4) is 11.4 Å². The molecule has 0 spiro atoms. The minimum Gasteiger partial charge on any atom is -0.308 e. The van der Waals surface area contributed by atoms with E-state index in [4.69, 9.17) is 4.98 Å². The van der Waals surface area contributed by atoms with Gasteiger partial charge in [0.25, 0.3) is 0 Å². The van der Waals surface area contributed by atoms with Crippen molar-refractivity contribution >= 4 is 72.6 Å². The monoisotopic (exact) mass is 668 g/mol. The minimum absolute atomic E-state index is 0.969. The molecule has 4 heterocycles. The number of hydrogen-bond donors (Lipinski definition) is 0. The Balaban J connectivity index is 1.19. The van der Waals surface area contributed by atoms with Gasteiger partial charge in [-0.1, -0.05) is 121 Å². The molecule has 0 bridgehead atoms. The van der Waals surface area contributed by atoms with Crippen LogP contribution in [0.15, 0.2) is 195 Å². The van der Waals surface area contributed by atoms with Crippen LogP contribution in [0.4, 0.5) is 0 Å². The Morgan fingerprint density at radius 1 is 0.353 bits per heavy atom. The summed E-state index contributed by atoms with van der Waals surface area (Å²) in [5.41, 5.74) is 6.63. The number of para-hydroxylation sites is 2. The number of pyridine rings is 2. The van der Waals surface area contributed by atoms with Gasteiger partial charge in [-0.05, 0) is 75.3 Å². The lowest BCUT2D eigenvalue weighted by Crippen LogP contribution is -2.74. The lowest BCUT2D eigenvalue weighted by molar-refractivity contribution is 1.14. The van der Waals surface area contributed by atoms with Crippen LogP contribution < -0.4 is 20.7 Å². The standard InChI is InChI=1S/C46H32N4Si/c1-3-12-35(13-4-1)51(36-14-5-2-6-15-36,37-25-21-33(22-26-37)49-43-19-9-7-16-39(43)41-29-31-47-32-45(41)49)38-27-23-34(24-28-38)50-44-20-10-8-17-40(44)42-18-11-30-48-46(42)50/h1-32H. The minimum atomic E-state index is -2.78. The van der Waals surface area contributed by atoms with Crippen LogP contribution in [-0.2, 0) is 0 Å². The summed E-state index contributed by atoms with van der Waals surface area (Å²) in [5.74, 6) is 0. The second kappa shape index (κ2) is 11.8. The molecular formula is C46H32N4Si. The number of hydrogen-bond acceptors (Lipinski definition) is 2. The molecule has 0 atom stereocenters. The van der Waals surface area contributed by atoms with Gasteiger partial charge in [0, 0.05) is 45.3 Å². The van der Waals surface area contributed by atoms with E-state index in [1.807, 2.05) is 24.7 Å². The van der Waals surface area contributed by atoms with E-state index < -0.39 is 8.07 Å². The summed E-state index contributed by atoms with van der Waals surface area (Å²) < 4.78 is 4.63. The Morgan fingerprint density at radius 2 is 0.824 bits per heavy atom. The van der Waals surface area contributed by atoms with Gasteiger partial charge >= 0.3 is 0 Å². The van der Waals surface area contributed by atoms with Crippen molar-refractivity contribution in [1.82, 2.24) is 19.1 Å². The summed E-state index contributed by atoms with van der Waals surface area (Å²) in [6.45, 7) is 0. The van der Waals surface area contributed by atoms with Crippen molar-refractivity contribution in [2.75, 3.05) is 0 Å². The number of fused-ring (bicyclic) bond motifs is 6. The Hall–Kier alpha value is -6.56. The van der Waals surface area contributed by atoms with E-state index in [1.165, 1.54) is 42.4 Å². The van der Waals surface area contributed by atoms with Gasteiger partial charge in [-0.2, -0.15) is 0 Å². The van der Waals surface area contributed by atoms with Crippen LogP contribution in [0.3, 0.4) is 0 Å². The smallest absolute Gasteiger partial charge is 0.179 e. The molecule has 5 heteroatoms. The van der Waals surface area contributed by atoms with Crippen molar-refractivity contribution < 1.29 is 0 Å². The number of aromatic nitrogens is 4. The molecule has 0 aliphatic rings. The molecule has 0 unspecified atom stereocenters. The first-order valence-corrected chi connectivity index (χ1v) is 19.3. The molecule has 0 saturated heterocycles. The third-order valence-electron chi connectivity index (χ3n) is 10.4. The van der Waals surface area contributed by atoms with Gasteiger partial charge < -0.3 is 4.57 Å². The van der Waals surface area contributed by atoms with Crippen LogP contribution in [0.25, 0.3) is 55.1 Å². The normalized spacial score (nSPS) is 11.9. The molecule has 0 aliphatic carbocycles. The molecule has 51 heavy (non-hydrogen) atoms. The summed E-state index contributed by atoms with van der Waals surface area (Å²) in [6, 6.07) is 64.3. The molecule has 10 aromatic rings. The summed E-state index contributed by atoms with van der Waals surface area (Å²) in [5, 5.41) is 10.2. The fraction of sp³-hybridized carbons (Fsp3) is 0. The highest BCUT2D eigenvalue weighted by molar-refractivity contribution is 7.19. The third kappa shape index (κ3) is 4.45. The van der Waals surface area contributed by atoms with Crippen molar-refractivity contribution in [2.45, 2.75) is 0 Å². The summed E-state index contributed by atoms with van der Waals surface area (Å²) >= 11 is 0. The lowest BCUT2D eigenvalue weighted by atomic mass is 10.2. The van der Waals surface area contributed by atoms with Gasteiger partial charge in [0.05, 0.1) is 22.7 Å². The van der Waals surface area contributed by atoms with Gasteiger partial charge in [0.1, 0.15) is 5.65 Å². The summed E-state index contributed by atoms with van der Waals surface area (Å²) in [6.07, 6.45) is 5.74. The zero-order chi connectivity index (χ0) is 33.8. The van der Waals surface area contributed by atoms with Gasteiger partial charge in [0.2, 0.25) is 0 Å². The first-order chi connectivity index (χ1) is 25.3. The van der Waals surface area contributed by atoms with E-state index in [0.717, 1.165) is 33.4 Å². The number of nitrogens with zero attached hydrogens (tertiary/aromatic N) is 4. The Morgan fingerprint density at radius 3 is 1.45 bits per heavy atom. The van der Waals surface area contributed by atoms with Crippen LogP contribution in [-0.4, -0.2) is 27.2 Å². The van der Waals surface area contributed by atoms with E-state index in [1.54, 1.807) is 0 Å². The fourth-order valence-corrected chi connectivity index (χ4v) is 13.0. The lowest BCUT2D eigenvalue weighted by Gasteiger charge is -2.34. The molecule has 4 nitrogen and oxygen atoms in total. The van der Waals surface area contributed by atoms with Crippen LogP contribution in [0, 0.1) is 0 Å². The van der Waals surface area contributed by atoms with Crippen molar-refractivity contribution in [3.63, 3.8) is 0 Å². The molecule has 0 aliphatic heterocycles. The third-order valence-corrected chi connectivity index (χ3v) is 15.2. The van der Waals surface area contributed by atoms with Crippen LogP contribution >= 0.6 is 0 Å². The molecule has 10 rings (SSSR count). The molecule has 0 fully saturated rings. The Kier molecular flexibility index (Phi) is 6.79. The van der Waals surface area contributed by atoms with Crippen molar-refractivity contribution in [2.24, 2.45) is 0 Å². The van der Waals surface area contributed by atoms with Gasteiger partial charge in [-0.3, -0.25) is 9.55 Å². The van der Waals surface area contributed by atoms with Crippen molar-refractivity contribution in [1.29, 1.82) is 0 Å². The van der Waals surface area contributed by atoms with E-state index >= 15 is 0 Å². The molecule has 0 amide bonds. The largest absolute Gasteiger partial charge is 0.308 e. The zero-order valence-corrected chi connectivity index (χ0v) is 28.8. The van der Waals surface area contributed by atoms with Gasteiger partial charge in [-0.15, -0.1) is 0 Å². The predicted octanol–water partition coefficient (Wildman–Crippen LogP) is 8.05. The predicted molar refractivity (Wildman–Crippen MR) is 214 cm³/mol. The molecule has 4 aromatic heterocycles. The molecule has 240 valence electrons. The SMILES string of the molecule is c1ccc([Si](c2ccccc2)(c2ccc(-n3c4ccccc4c4ccncc43)cc2)c2ccc(-n3c4ccccc4c4cccnc43)cc2)cc1. The Bertz CT molecular complexity index is 2530. The topological polar surface area (TPSA) is 35.6 Å². The van der Waals surface area contributed by atoms with Crippen LogP contribution in [0.5, 0.6) is 0 Å². The van der Waals surface area contributed by atoms with Crippen molar-refractivity contribution in [3.05, 3.63) is 195 Å². The van der Waals surface area contributed by atoms with E-state index in [2.05, 4.69) is 184 Å². The first kappa shape index (κ1) is 29.4. The quantitative estimate of drug-likeness (QED) is 0.133. The Labute approximate surface area is 296 Å². The van der Waals surface area contributed by atoms with Crippen LogP contribution in [0.1, 0.15) is 0 Å². The molecular weight excluding hydrogens is 637 g/mol. The average molecular weight is 669 g/mol. The van der Waals surface area contributed by atoms with E-state index in [0.29, 0.717) is 0 Å². The second-order valence-corrected chi connectivity index (χ2v) is 16.9. The molecule has 6 aromatic carbocycles. The van der Waals surface area contributed by atoms with Gasteiger partial charge in [-0.25, -0.2) is 4.98 Å². The maximum atomic E-state index is 4.84. The van der Waals surface area contributed by atoms with Gasteiger partial charge in [0.15, 0.2) is 8.07 Å². The molecule has 0 N–H and O–H groups in total. The molecule has 0 radical (unpaired) electrons. The highest BCUT2D eigenvalue weighted by Gasteiger charge is 2.41. The van der Waals surface area contributed by atoms with E-state index in [-0.39, 0.29) is 0 Å². The first-order valence-electron chi connectivity index (χ1n) is 17.3. The highest BCUT2D eigenvalue weighted by Crippen LogP contribution is 2.32. The summed E-state index contributed by atoms with van der Waals surface area (Å²) in [4.78, 5) is 9.35. The number of rotatable bonds is 6. The number of benzene rings is 6.